The van der Waals surface area contributed by atoms with E-state index in [0.29, 0.717) is 22.0 Å². The molecule has 0 saturated carbocycles. The van der Waals surface area contributed by atoms with Crippen LogP contribution in [0.15, 0.2) is 29.7 Å². The molecule has 25 heavy (non-hydrogen) atoms. The first-order chi connectivity index (χ1) is 12.1. The van der Waals surface area contributed by atoms with E-state index in [0.717, 1.165) is 37.1 Å². The molecule has 0 N–H and O–H groups in total. The topological polar surface area (TPSA) is 51.0 Å². The van der Waals surface area contributed by atoms with Crippen molar-refractivity contribution in [1.82, 2.24) is 19.7 Å². The van der Waals surface area contributed by atoms with E-state index in [1.54, 1.807) is 6.33 Å². The lowest BCUT2D eigenvalue weighted by atomic mass is 10.0. The lowest BCUT2D eigenvalue weighted by Crippen LogP contribution is -2.44. The van der Waals surface area contributed by atoms with Gasteiger partial charge in [0.25, 0.3) is 0 Å². The summed E-state index contributed by atoms with van der Waals surface area (Å²) in [5, 5.41) is 9.57. The number of halogens is 1. The van der Waals surface area contributed by atoms with Gasteiger partial charge in [-0.05, 0) is 50.3 Å². The number of piperidine rings is 1. The van der Waals surface area contributed by atoms with Crippen molar-refractivity contribution < 1.29 is 4.79 Å². The summed E-state index contributed by atoms with van der Waals surface area (Å²) < 4.78 is 1.87. The zero-order valence-corrected chi connectivity index (χ0v) is 16.2. The molecule has 7 heteroatoms. The highest BCUT2D eigenvalue weighted by Gasteiger charge is 2.25. The zero-order chi connectivity index (χ0) is 17.8. The standard InChI is InChI=1S/C18H23ClN4OS/c1-3-14-6-4-5-9-22(14)17(24)11-25-18-21-20-12-23(18)15-8-7-13(2)16(19)10-15/h7-8,10,12,14H,3-6,9,11H2,1-2H3. The zero-order valence-electron chi connectivity index (χ0n) is 14.6. The van der Waals surface area contributed by atoms with E-state index in [9.17, 15) is 4.79 Å². The smallest absolute Gasteiger partial charge is 0.233 e. The molecule has 0 spiro atoms. The van der Waals surface area contributed by atoms with Gasteiger partial charge in [0.05, 0.1) is 11.4 Å². The summed E-state index contributed by atoms with van der Waals surface area (Å²) in [5.41, 5.74) is 1.93. The maximum atomic E-state index is 12.6. The highest BCUT2D eigenvalue weighted by molar-refractivity contribution is 7.99. The second-order valence-electron chi connectivity index (χ2n) is 6.35. The van der Waals surface area contributed by atoms with Gasteiger partial charge in [-0.1, -0.05) is 36.4 Å². The van der Waals surface area contributed by atoms with E-state index >= 15 is 0 Å². The minimum atomic E-state index is 0.188. The second-order valence-corrected chi connectivity index (χ2v) is 7.70. The summed E-state index contributed by atoms with van der Waals surface area (Å²) in [4.78, 5) is 14.7. The van der Waals surface area contributed by atoms with Crippen LogP contribution in [0.2, 0.25) is 5.02 Å². The van der Waals surface area contributed by atoms with E-state index in [1.165, 1.54) is 18.2 Å². The Morgan fingerprint density at radius 2 is 2.24 bits per heavy atom. The van der Waals surface area contributed by atoms with Gasteiger partial charge in [0.2, 0.25) is 5.91 Å². The summed E-state index contributed by atoms with van der Waals surface area (Å²) in [6.45, 7) is 4.99. The SMILES string of the molecule is CCC1CCCCN1C(=O)CSc1nncn1-c1ccc(C)c(Cl)c1. The number of carbonyl (C=O) groups is 1. The number of nitrogens with zero attached hydrogens (tertiary/aromatic N) is 4. The minimum Gasteiger partial charge on any atom is -0.339 e. The predicted molar refractivity (Wildman–Crippen MR) is 101 cm³/mol. The van der Waals surface area contributed by atoms with Crippen molar-refractivity contribution in [2.24, 2.45) is 0 Å². The van der Waals surface area contributed by atoms with Gasteiger partial charge in [0, 0.05) is 17.6 Å². The Kier molecular flexibility index (Phi) is 6.02. The number of thioether (sulfide) groups is 1. The summed E-state index contributed by atoms with van der Waals surface area (Å²) in [6.07, 6.45) is 6.12. The summed E-state index contributed by atoms with van der Waals surface area (Å²) >= 11 is 7.65. The van der Waals surface area contributed by atoms with Crippen LogP contribution in [-0.4, -0.2) is 43.9 Å². The Hall–Kier alpha value is -1.53. The number of aromatic nitrogens is 3. The fourth-order valence-electron chi connectivity index (χ4n) is 3.19. The molecule has 1 unspecified atom stereocenters. The quantitative estimate of drug-likeness (QED) is 0.734. The highest BCUT2D eigenvalue weighted by Crippen LogP contribution is 2.25. The predicted octanol–water partition coefficient (Wildman–Crippen LogP) is 4.11. The first-order valence-corrected chi connectivity index (χ1v) is 10.0. The molecule has 2 heterocycles. The molecule has 1 saturated heterocycles. The van der Waals surface area contributed by atoms with Crippen LogP contribution in [0.5, 0.6) is 0 Å². The van der Waals surface area contributed by atoms with Gasteiger partial charge in [-0.3, -0.25) is 9.36 Å². The molecular weight excluding hydrogens is 356 g/mol. The van der Waals surface area contributed by atoms with Gasteiger partial charge in [-0.2, -0.15) is 0 Å². The molecule has 0 aliphatic carbocycles. The largest absolute Gasteiger partial charge is 0.339 e. The average Bonchev–Trinajstić information content (AvgIpc) is 3.10. The molecule has 0 radical (unpaired) electrons. The van der Waals surface area contributed by atoms with Crippen LogP contribution in [0.3, 0.4) is 0 Å². The fraction of sp³-hybridized carbons (Fsp3) is 0.500. The third kappa shape index (κ3) is 4.18. The molecule has 1 aromatic heterocycles. The number of rotatable bonds is 5. The highest BCUT2D eigenvalue weighted by atomic mass is 35.5. The minimum absolute atomic E-state index is 0.188. The molecule has 2 aromatic rings. The number of likely N-dealkylation sites (tertiary alicyclic amines) is 1. The van der Waals surface area contributed by atoms with Crippen molar-refractivity contribution in [3.05, 3.63) is 35.1 Å². The summed E-state index contributed by atoms with van der Waals surface area (Å²) in [6, 6.07) is 6.23. The third-order valence-electron chi connectivity index (χ3n) is 4.69. The number of carbonyl (C=O) groups excluding carboxylic acids is 1. The molecule has 1 aliphatic heterocycles. The van der Waals surface area contributed by atoms with Gasteiger partial charge >= 0.3 is 0 Å². The van der Waals surface area contributed by atoms with E-state index in [-0.39, 0.29) is 5.91 Å². The third-order valence-corrected chi connectivity index (χ3v) is 6.03. The van der Waals surface area contributed by atoms with E-state index in [4.69, 9.17) is 11.6 Å². The van der Waals surface area contributed by atoms with Crippen molar-refractivity contribution >= 4 is 29.3 Å². The molecule has 1 atom stereocenters. The Morgan fingerprint density at radius 3 is 3.00 bits per heavy atom. The van der Waals surface area contributed by atoms with Crippen molar-refractivity contribution in [1.29, 1.82) is 0 Å². The van der Waals surface area contributed by atoms with Crippen LogP contribution < -0.4 is 0 Å². The molecule has 0 bridgehead atoms. The Labute approximate surface area is 157 Å². The van der Waals surface area contributed by atoms with Crippen LogP contribution in [0.4, 0.5) is 0 Å². The van der Waals surface area contributed by atoms with E-state index in [1.807, 2.05) is 34.6 Å². The van der Waals surface area contributed by atoms with Crippen LogP contribution in [0.25, 0.3) is 5.69 Å². The van der Waals surface area contributed by atoms with Crippen molar-refractivity contribution in [2.45, 2.75) is 50.7 Å². The van der Waals surface area contributed by atoms with Crippen LogP contribution in [0, 0.1) is 6.92 Å². The Morgan fingerprint density at radius 1 is 1.40 bits per heavy atom. The lowest BCUT2D eigenvalue weighted by molar-refractivity contribution is -0.132. The van der Waals surface area contributed by atoms with Gasteiger partial charge in [0.15, 0.2) is 5.16 Å². The maximum Gasteiger partial charge on any atom is 0.233 e. The average molecular weight is 379 g/mol. The number of benzene rings is 1. The number of hydrogen-bond acceptors (Lipinski definition) is 4. The Bertz CT molecular complexity index is 748. The number of aryl methyl sites for hydroxylation is 1. The molecule has 1 fully saturated rings. The van der Waals surface area contributed by atoms with Crippen molar-refractivity contribution in [3.63, 3.8) is 0 Å². The summed E-state index contributed by atoms with van der Waals surface area (Å²) in [5.74, 6) is 0.572. The number of hydrogen-bond donors (Lipinski definition) is 0. The van der Waals surface area contributed by atoms with E-state index in [2.05, 4.69) is 17.1 Å². The van der Waals surface area contributed by atoms with Gasteiger partial charge in [0.1, 0.15) is 6.33 Å². The fourth-order valence-corrected chi connectivity index (χ4v) is 4.18. The van der Waals surface area contributed by atoms with Crippen molar-refractivity contribution in [2.75, 3.05) is 12.3 Å². The molecular formula is C18H23ClN4OS. The lowest BCUT2D eigenvalue weighted by Gasteiger charge is -2.35. The number of amides is 1. The normalized spacial score (nSPS) is 17.7. The molecule has 3 rings (SSSR count). The molecule has 134 valence electrons. The Balaban J connectivity index is 1.69. The first-order valence-electron chi connectivity index (χ1n) is 8.69. The van der Waals surface area contributed by atoms with Crippen LogP contribution in [0.1, 0.15) is 38.2 Å². The maximum absolute atomic E-state index is 12.6. The molecule has 5 nitrogen and oxygen atoms in total. The van der Waals surface area contributed by atoms with E-state index < -0.39 is 0 Å². The second kappa shape index (κ2) is 8.23. The molecule has 1 aliphatic rings. The molecule has 1 aromatic carbocycles. The first kappa shape index (κ1) is 18.3. The van der Waals surface area contributed by atoms with Gasteiger partial charge in [-0.15, -0.1) is 10.2 Å². The molecule has 1 amide bonds. The van der Waals surface area contributed by atoms with Crippen molar-refractivity contribution in [3.8, 4) is 5.69 Å². The van der Waals surface area contributed by atoms with Gasteiger partial charge in [-0.25, -0.2) is 0 Å². The summed E-state index contributed by atoms with van der Waals surface area (Å²) in [7, 11) is 0. The van der Waals surface area contributed by atoms with Crippen LogP contribution in [-0.2, 0) is 4.79 Å². The monoisotopic (exact) mass is 378 g/mol. The van der Waals surface area contributed by atoms with Crippen LogP contribution >= 0.6 is 23.4 Å². The van der Waals surface area contributed by atoms with Gasteiger partial charge < -0.3 is 4.90 Å².